The van der Waals surface area contributed by atoms with E-state index in [2.05, 4.69) is 155 Å². The molecule has 0 spiro atoms. The molecule has 2 amide bonds. The third kappa shape index (κ3) is 17.6. The zero-order valence-corrected chi connectivity index (χ0v) is 56.4. The number of amides is 2. The molecule has 82 heavy (non-hydrogen) atoms. The summed E-state index contributed by atoms with van der Waals surface area (Å²) in [6, 6.07) is 35.0. The molecule has 3 aromatic carbocycles. The minimum absolute atomic E-state index is 0.0116. The normalized spacial score (nSPS) is 13.6. The molecule has 2 aromatic heterocycles. The molecule has 0 radical (unpaired) electrons. The average molecular weight is 1260 g/mol. The zero-order chi connectivity index (χ0) is 57.9. The fourth-order valence-corrected chi connectivity index (χ4v) is 33.4. The third-order valence-electron chi connectivity index (χ3n) is 17.0. The van der Waals surface area contributed by atoms with Crippen molar-refractivity contribution in [3.8, 4) is 21.9 Å². The van der Waals surface area contributed by atoms with Crippen molar-refractivity contribution in [1.82, 2.24) is 9.80 Å². The van der Waals surface area contributed by atoms with Gasteiger partial charge in [0.15, 0.2) is 0 Å². The average Bonchev–Trinajstić information content (AvgIpc) is 2.24. The number of thiophene rings is 2. The van der Waals surface area contributed by atoms with Gasteiger partial charge in [-0.15, -0.1) is 0 Å². The van der Waals surface area contributed by atoms with Gasteiger partial charge in [0.25, 0.3) is 0 Å². The minimum atomic E-state index is -2.82. The molecule has 0 bridgehead atoms. The van der Waals surface area contributed by atoms with Crippen LogP contribution in [0.2, 0.25) is 13.3 Å². The van der Waals surface area contributed by atoms with Crippen LogP contribution in [0.3, 0.4) is 0 Å². The van der Waals surface area contributed by atoms with Crippen LogP contribution in [0.4, 0.5) is 17.1 Å². The Bertz CT molecular complexity index is 2660. The van der Waals surface area contributed by atoms with Gasteiger partial charge in [0.1, 0.15) is 11.5 Å². The Morgan fingerprint density at radius 1 is 0.378 bits per heavy atom. The third-order valence-corrected chi connectivity index (χ3v) is 37.5. The van der Waals surface area contributed by atoms with Crippen molar-refractivity contribution in [2.75, 3.05) is 31.2 Å². The summed E-state index contributed by atoms with van der Waals surface area (Å²) in [5, 5.41) is 0. The molecule has 2 aliphatic rings. The van der Waals surface area contributed by atoms with Crippen molar-refractivity contribution in [2.24, 2.45) is 0 Å². The number of ether oxygens (including phenoxy) is 2. The number of fused-ring (bicyclic) bond motifs is 1. The van der Waals surface area contributed by atoms with E-state index in [1.807, 2.05) is 16.2 Å². The summed E-state index contributed by atoms with van der Waals surface area (Å²) in [4.78, 5) is 40.7. The van der Waals surface area contributed by atoms with E-state index in [-0.39, 0.29) is 11.8 Å². The van der Waals surface area contributed by atoms with Gasteiger partial charge in [-0.2, -0.15) is 0 Å². The molecule has 0 aliphatic carbocycles. The van der Waals surface area contributed by atoms with Crippen LogP contribution >= 0.6 is 22.7 Å². The first-order valence-corrected chi connectivity index (χ1v) is 42.1. The SMILES string of the molecule is CCCCCCCCN1C(=O)C2=C(c3cc[c]([Sn]([CH2]CCC)([CH2]CCC)[CH2]CCC)s3)N(CCCCCCCC)C(=O)C2=C1c1ccc(-c2ccc(N(c3ccc(OCCCCCC)cc3)c3ccc(OCCCCCC)cc3)cc2)s1. The molecule has 0 N–H and O–H groups in total. The van der Waals surface area contributed by atoms with Crippen LogP contribution in [0.5, 0.6) is 11.5 Å². The van der Waals surface area contributed by atoms with Crippen LogP contribution in [0.1, 0.15) is 225 Å². The molecular formula is C72H103N3O4S2Sn. The first kappa shape index (κ1) is 65.2. The van der Waals surface area contributed by atoms with Crippen LogP contribution in [0.15, 0.2) is 108 Å². The molecule has 10 heteroatoms. The summed E-state index contributed by atoms with van der Waals surface area (Å²) in [6.07, 6.45) is 30.7. The van der Waals surface area contributed by atoms with Gasteiger partial charge in [-0.25, -0.2) is 0 Å². The molecule has 7 nitrogen and oxygen atoms in total. The molecule has 0 saturated carbocycles. The number of unbranched alkanes of at least 4 members (excludes halogenated alkanes) is 19. The van der Waals surface area contributed by atoms with Crippen molar-refractivity contribution in [2.45, 2.75) is 229 Å². The zero-order valence-electron chi connectivity index (χ0n) is 51.9. The van der Waals surface area contributed by atoms with E-state index in [1.54, 1.807) is 14.2 Å². The second-order valence-electron chi connectivity index (χ2n) is 23.5. The predicted molar refractivity (Wildman–Crippen MR) is 357 cm³/mol. The van der Waals surface area contributed by atoms with E-state index in [1.165, 1.54) is 135 Å². The Balaban J connectivity index is 1.25. The van der Waals surface area contributed by atoms with Crippen molar-refractivity contribution >= 4 is 84.2 Å². The molecule has 0 atom stereocenters. The number of hydrogen-bond donors (Lipinski definition) is 0. The van der Waals surface area contributed by atoms with Gasteiger partial charge in [0.2, 0.25) is 0 Å². The topological polar surface area (TPSA) is 62.3 Å². The molecule has 4 heterocycles. The van der Waals surface area contributed by atoms with E-state index < -0.39 is 18.4 Å². The summed E-state index contributed by atoms with van der Waals surface area (Å²) in [7, 11) is 0. The van der Waals surface area contributed by atoms with E-state index >= 15 is 9.59 Å². The van der Waals surface area contributed by atoms with E-state index in [0.29, 0.717) is 24.2 Å². The summed E-state index contributed by atoms with van der Waals surface area (Å²) in [5.41, 5.74) is 7.23. The number of anilines is 3. The van der Waals surface area contributed by atoms with Crippen LogP contribution in [0, 0.1) is 0 Å². The maximum absolute atomic E-state index is 15.6. The Morgan fingerprint density at radius 2 is 0.732 bits per heavy atom. The van der Waals surface area contributed by atoms with Gasteiger partial charge in [-0.05, 0) is 73.5 Å². The predicted octanol–water partition coefficient (Wildman–Crippen LogP) is 21.4. The van der Waals surface area contributed by atoms with Gasteiger partial charge in [0, 0.05) is 17.1 Å². The molecule has 0 fully saturated rings. The molecule has 7 rings (SSSR count). The molecule has 5 aromatic rings. The van der Waals surface area contributed by atoms with Crippen molar-refractivity contribution < 1.29 is 19.1 Å². The standard InChI is InChI=1S/C60H76N3O4S2.3C4H9.Sn/c1-5-9-13-17-19-21-41-61-57(53-26-25-45-68-53)55-56(60(61)65)58(62(59(55)64)42-22-20-18-14-10-6-2)54-40-39-52(69-54)46-27-29-47(30-28-46)63(48-31-35-50(36-32-48)66-43-23-15-11-7-3)49-33-37-51(38-34-49)67-44-24-16-12-8-4;3*1-3-4-2;/h25-40H,5-24,41-44H2,1-4H3;3*1,3-4H2,2H3;. The van der Waals surface area contributed by atoms with Crippen LogP contribution in [0.25, 0.3) is 21.8 Å². The number of carbonyl (C=O) groups excluding carboxylic acids is 2. The maximum atomic E-state index is 15.6. The number of carbonyl (C=O) groups is 2. The Hall–Kier alpha value is -4.32. The monoisotopic (exact) mass is 1260 g/mol. The Morgan fingerprint density at radius 3 is 1.16 bits per heavy atom. The fraction of sp³-hybridized carbons (Fsp3) is 0.556. The van der Waals surface area contributed by atoms with Crippen LogP contribution in [-0.4, -0.2) is 66.3 Å². The van der Waals surface area contributed by atoms with Crippen molar-refractivity contribution in [1.29, 1.82) is 0 Å². The van der Waals surface area contributed by atoms with Crippen LogP contribution in [-0.2, 0) is 9.59 Å². The first-order valence-electron chi connectivity index (χ1n) is 33.0. The van der Waals surface area contributed by atoms with Gasteiger partial charge in [0.05, 0.1) is 13.2 Å². The summed E-state index contributed by atoms with van der Waals surface area (Å²) < 4.78 is 18.2. The first-order chi connectivity index (χ1) is 40.3. The molecule has 2 aliphatic heterocycles. The van der Waals surface area contributed by atoms with Crippen molar-refractivity contribution in [3.05, 3.63) is 118 Å². The Labute approximate surface area is 509 Å². The van der Waals surface area contributed by atoms with E-state index in [4.69, 9.17) is 9.47 Å². The van der Waals surface area contributed by atoms with Crippen molar-refractivity contribution in [3.63, 3.8) is 0 Å². The molecular weight excluding hydrogens is 1150 g/mol. The second kappa shape index (κ2) is 35.2. The van der Waals surface area contributed by atoms with Crippen LogP contribution < -0.4 is 17.3 Å². The number of benzene rings is 3. The van der Waals surface area contributed by atoms with E-state index in [9.17, 15) is 0 Å². The second-order valence-corrected chi connectivity index (χ2v) is 39.8. The van der Waals surface area contributed by atoms with Gasteiger partial charge in [-0.3, -0.25) is 0 Å². The number of nitrogens with zero attached hydrogens (tertiary/aromatic N) is 3. The Kier molecular flexibility index (Phi) is 28.0. The number of hydrogen-bond acceptors (Lipinski definition) is 7. The summed E-state index contributed by atoms with van der Waals surface area (Å²) >= 11 is 0.852. The molecule has 0 saturated heterocycles. The molecule has 446 valence electrons. The quantitative estimate of drug-likeness (QED) is 0.0288. The van der Waals surface area contributed by atoms with Gasteiger partial charge >= 0.3 is 304 Å². The fourth-order valence-electron chi connectivity index (χ4n) is 12.1. The number of rotatable bonds is 42. The van der Waals surface area contributed by atoms with E-state index in [0.717, 1.165) is 118 Å². The van der Waals surface area contributed by atoms with Gasteiger partial charge in [-0.1, -0.05) is 79.1 Å². The summed E-state index contributed by atoms with van der Waals surface area (Å²) in [5.74, 6) is 1.80. The molecule has 0 unspecified atom stereocenters. The summed E-state index contributed by atoms with van der Waals surface area (Å²) in [6.45, 7) is 18.8. The van der Waals surface area contributed by atoms with Gasteiger partial charge < -0.3 is 14.4 Å².